The van der Waals surface area contributed by atoms with E-state index in [1.54, 1.807) is 6.07 Å². The molecule has 0 saturated carbocycles. The van der Waals surface area contributed by atoms with Crippen molar-refractivity contribution < 1.29 is 4.79 Å². The monoisotopic (exact) mass is 491 g/mol. The van der Waals surface area contributed by atoms with E-state index in [0.717, 1.165) is 40.9 Å². The van der Waals surface area contributed by atoms with Crippen molar-refractivity contribution in [3.05, 3.63) is 40.0 Å². The minimum atomic E-state index is -0.205. The van der Waals surface area contributed by atoms with Crippen LogP contribution in [0.25, 0.3) is 0 Å². The summed E-state index contributed by atoms with van der Waals surface area (Å²) in [6.45, 7) is 13.9. The molecule has 3 heterocycles. The van der Waals surface area contributed by atoms with Gasteiger partial charge in [-0.25, -0.2) is 9.97 Å². The van der Waals surface area contributed by atoms with Crippen molar-refractivity contribution in [2.45, 2.75) is 63.9 Å². The highest BCUT2D eigenvalue weighted by atomic mass is 79.9. The van der Waals surface area contributed by atoms with E-state index in [1.807, 2.05) is 18.2 Å². The second-order valence-electron chi connectivity index (χ2n) is 9.61. The molecule has 8 heteroatoms. The standard InChI is InChI=1S/C22H30BrN5OS/c1-13-11-22(5,6)28(12-13)19-14(10-15(23)18(26-19)21(2,3)4)20(29)27-30-17-9-7-8-16(24)25-17/h7-10,13H,11-12H2,1-6H3,(H2,24,25)(H,27,29). The molecule has 30 heavy (non-hydrogen) atoms. The molecule has 1 aliphatic heterocycles. The summed E-state index contributed by atoms with van der Waals surface area (Å²) in [4.78, 5) is 24.7. The first-order chi connectivity index (χ1) is 13.9. The Morgan fingerprint density at radius 1 is 1.33 bits per heavy atom. The predicted molar refractivity (Wildman–Crippen MR) is 128 cm³/mol. The lowest BCUT2D eigenvalue weighted by atomic mass is 9.91. The number of amides is 1. The van der Waals surface area contributed by atoms with Crippen molar-refractivity contribution in [2.24, 2.45) is 5.92 Å². The topological polar surface area (TPSA) is 84.1 Å². The second kappa shape index (κ2) is 8.38. The van der Waals surface area contributed by atoms with Gasteiger partial charge in [-0.05, 0) is 60.3 Å². The zero-order chi connectivity index (χ0) is 22.3. The Hall–Kier alpha value is -1.80. The third-order valence-electron chi connectivity index (χ3n) is 5.23. The Labute approximate surface area is 191 Å². The van der Waals surface area contributed by atoms with Crippen molar-refractivity contribution in [1.82, 2.24) is 14.7 Å². The quantitative estimate of drug-likeness (QED) is 0.573. The molecule has 0 radical (unpaired) electrons. The summed E-state index contributed by atoms with van der Waals surface area (Å²) < 4.78 is 3.74. The maximum absolute atomic E-state index is 13.2. The molecule has 1 amide bonds. The van der Waals surface area contributed by atoms with Crippen LogP contribution in [0.3, 0.4) is 0 Å². The fourth-order valence-corrected chi connectivity index (χ4v) is 5.50. The zero-order valence-electron chi connectivity index (χ0n) is 18.4. The summed E-state index contributed by atoms with van der Waals surface area (Å²) in [5, 5.41) is 0.637. The van der Waals surface area contributed by atoms with E-state index in [4.69, 9.17) is 10.7 Å². The molecular formula is C22H30BrN5OS. The number of nitrogen functional groups attached to an aromatic ring is 1. The van der Waals surface area contributed by atoms with Gasteiger partial charge < -0.3 is 10.6 Å². The Morgan fingerprint density at radius 2 is 2.03 bits per heavy atom. The Morgan fingerprint density at radius 3 is 2.60 bits per heavy atom. The fraction of sp³-hybridized carbons (Fsp3) is 0.500. The average Bonchev–Trinajstić information content (AvgIpc) is 2.90. The summed E-state index contributed by atoms with van der Waals surface area (Å²) in [7, 11) is 0. The minimum Gasteiger partial charge on any atom is -0.384 e. The molecule has 162 valence electrons. The van der Waals surface area contributed by atoms with Gasteiger partial charge in [-0.3, -0.25) is 9.52 Å². The van der Waals surface area contributed by atoms with E-state index in [9.17, 15) is 4.79 Å². The molecule has 2 aromatic heterocycles. The number of aromatic nitrogens is 2. The van der Waals surface area contributed by atoms with Crippen LogP contribution in [0, 0.1) is 5.92 Å². The summed E-state index contributed by atoms with van der Waals surface area (Å²) in [5.41, 5.74) is 7.00. The number of pyridine rings is 2. The van der Waals surface area contributed by atoms with Crippen molar-refractivity contribution in [2.75, 3.05) is 17.2 Å². The molecule has 0 aromatic carbocycles. The van der Waals surface area contributed by atoms with Gasteiger partial charge in [0, 0.05) is 33.9 Å². The average molecular weight is 492 g/mol. The van der Waals surface area contributed by atoms with Crippen LogP contribution in [0.5, 0.6) is 0 Å². The third kappa shape index (κ3) is 4.91. The van der Waals surface area contributed by atoms with Gasteiger partial charge in [0.1, 0.15) is 16.7 Å². The van der Waals surface area contributed by atoms with Gasteiger partial charge in [-0.15, -0.1) is 0 Å². The van der Waals surface area contributed by atoms with Crippen LogP contribution in [0.4, 0.5) is 11.6 Å². The number of nitrogens with one attached hydrogen (secondary N) is 1. The number of carbonyl (C=O) groups is 1. The molecule has 1 unspecified atom stereocenters. The fourth-order valence-electron chi connectivity index (χ4n) is 3.98. The lowest BCUT2D eigenvalue weighted by Crippen LogP contribution is -2.40. The summed E-state index contributed by atoms with van der Waals surface area (Å²) in [6.07, 6.45) is 1.05. The number of nitrogens with two attached hydrogens (primary N) is 1. The number of nitrogens with zero attached hydrogens (tertiary/aromatic N) is 3. The summed E-state index contributed by atoms with van der Waals surface area (Å²) >= 11 is 4.80. The molecule has 0 spiro atoms. The summed E-state index contributed by atoms with van der Waals surface area (Å²) in [5.74, 6) is 1.48. The van der Waals surface area contributed by atoms with E-state index < -0.39 is 0 Å². The van der Waals surface area contributed by atoms with Crippen molar-refractivity contribution in [1.29, 1.82) is 0 Å². The number of carbonyl (C=O) groups excluding carboxylic acids is 1. The van der Waals surface area contributed by atoms with Gasteiger partial charge >= 0.3 is 0 Å². The van der Waals surface area contributed by atoms with Crippen molar-refractivity contribution in [3.8, 4) is 0 Å². The van der Waals surface area contributed by atoms with Crippen LogP contribution in [0.2, 0.25) is 0 Å². The van der Waals surface area contributed by atoms with Gasteiger partial charge in [0.25, 0.3) is 5.91 Å². The lowest BCUT2D eigenvalue weighted by molar-refractivity contribution is 0.0984. The molecular weight excluding hydrogens is 462 g/mol. The van der Waals surface area contributed by atoms with Crippen LogP contribution in [-0.2, 0) is 5.41 Å². The first-order valence-corrected chi connectivity index (χ1v) is 11.7. The highest BCUT2D eigenvalue weighted by Crippen LogP contribution is 2.40. The Bertz CT molecular complexity index is 957. The van der Waals surface area contributed by atoms with E-state index in [1.165, 1.54) is 0 Å². The molecule has 1 aliphatic rings. The van der Waals surface area contributed by atoms with Crippen LogP contribution >= 0.6 is 27.9 Å². The van der Waals surface area contributed by atoms with E-state index in [2.05, 4.69) is 72.1 Å². The maximum atomic E-state index is 13.2. The molecule has 1 fully saturated rings. The second-order valence-corrected chi connectivity index (χ2v) is 11.3. The summed E-state index contributed by atoms with van der Waals surface area (Å²) in [6, 6.07) is 7.23. The number of halogens is 1. The van der Waals surface area contributed by atoms with Crippen molar-refractivity contribution >= 4 is 45.4 Å². The smallest absolute Gasteiger partial charge is 0.265 e. The SMILES string of the molecule is CC1CN(c2nc(C(C)(C)C)c(Br)cc2C(=O)NSc2cccc(N)n2)C(C)(C)C1. The Kier molecular flexibility index (Phi) is 6.39. The zero-order valence-corrected chi connectivity index (χ0v) is 20.8. The number of hydrogen-bond donors (Lipinski definition) is 2. The van der Waals surface area contributed by atoms with Crippen LogP contribution in [0.1, 0.15) is 64.0 Å². The Balaban J connectivity index is 2.00. The van der Waals surface area contributed by atoms with Gasteiger partial charge in [0.2, 0.25) is 0 Å². The largest absolute Gasteiger partial charge is 0.384 e. The molecule has 3 N–H and O–H groups in total. The molecule has 3 rings (SSSR count). The van der Waals surface area contributed by atoms with Crippen LogP contribution in [-0.4, -0.2) is 28.0 Å². The van der Waals surface area contributed by atoms with Gasteiger partial charge in [-0.2, -0.15) is 0 Å². The minimum absolute atomic E-state index is 0.0764. The highest BCUT2D eigenvalue weighted by Gasteiger charge is 2.39. The maximum Gasteiger partial charge on any atom is 0.265 e. The van der Waals surface area contributed by atoms with E-state index in [0.29, 0.717) is 22.3 Å². The van der Waals surface area contributed by atoms with Crippen LogP contribution in [0.15, 0.2) is 33.8 Å². The van der Waals surface area contributed by atoms with E-state index in [-0.39, 0.29) is 16.9 Å². The number of hydrogen-bond acceptors (Lipinski definition) is 6. The molecule has 1 saturated heterocycles. The first kappa shape index (κ1) is 22.9. The molecule has 2 aromatic rings. The molecule has 0 aliphatic carbocycles. The van der Waals surface area contributed by atoms with Crippen LogP contribution < -0.4 is 15.4 Å². The number of anilines is 2. The van der Waals surface area contributed by atoms with E-state index >= 15 is 0 Å². The molecule has 6 nitrogen and oxygen atoms in total. The molecule has 0 bridgehead atoms. The predicted octanol–water partition coefficient (Wildman–Crippen LogP) is 5.18. The highest BCUT2D eigenvalue weighted by molar-refractivity contribution is 9.10. The third-order valence-corrected chi connectivity index (χ3v) is 6.56. The first-order valence-electron chi connectivity index (χ1n) is 10.1. The normalized spacial score (nSPS) is 18.5. The number of rotatable bonds is 4. The van der Waals surface area contributed by atoms with Gasteiger partial charge in [0.15, 0.2) is 0 Å². The molecule has 1 atom stereocenters. The van der Waals surface area contributed by atoms with Gasteiger partial charge in [-0.1, -0.05) is 33.8 Å². The lowest BCUT2D eigenvalue weighted by Gasteiger charge is -2.35. The van der Waals surface area contributed by atoms with Crippen molar-refractivity contribution in [3.63, 3.8) is 0 Å². The van der Waals surface area contributed by atoms with Gasteiger partial charge in [0.05, 0.1) is 11.3 Å².